The molecule has 8 N–H and O–H groups in total. The van der Waals surface area contributed by atoms with Crippen LogP contribution in [0, 0.1) is 11.8 Å². The number of ether oxygens (including phenoxy) is 1. The minimum absolute atomic E-state index is 0.00978. The number of cyclic esters (lactones) is 1. The van der Waals surface area contributed by atoms with Gasteiger partial charge in [0.2, 0.25) is 29.5 Å². The first-order valence-corrected chi connectivity index (χ1v) is 22.7. The van der Waals surface area contributed by atoms with Gasteiger partial charge < -0.3 is 51.3 Å². The van der Waals surface area contributed by atoms with Crippen LogP contribution in [0.2, 0.25) is 0 Å². The molecule has 0 spiro atoms. The Labute approximate surface area is 368 Å². The zero-order valence-electron chi connectivity index (χ0n) is 36.9. The lowest BCUT2D eigenvalue weighted by molar-refractivity contribution is -0.168. The first kappa shape index (κ1) is 52.6. The molecule has 2 aliphatic heterocycles. The normalized spacial score (nSPS) is 27.4. The van der Waals surface area contributed by atoms with Crippen molar-refractivity contribution in [1.29, 1.82) is 0 Å². The summed E-state index contributed by atoms with van der Waals surface area (Å²) in [5.74, 6) is -7.75. The van der Waals surface area contributed by atoms with Crippen molar-refractivity contribution in [2.75, 3.05) is 27.2 Å². The van der Waals surface area contributed by atoms with E-state index in [0.717, 1.165) is 4.90 Å². The molecule has 2 bridgehead atoms. The first-order valence-electron chi connectivity index (χ1n) is 21.3. The second kappa shape index (κ2) is 24.4. The highest BCUT2D eigenvalue weighted by Gasteiger charge is 2.47. The van der Waals surface area contributed by atoms with E-state index in [0.29, 0.717) is 37.8 Å². The molecule has 22 heteroatoms. The lowest BCUT2D eigenvalue weighted by Crippen LogP contribution is -2.66. The van der Waals surface area contributed by atoms with Crippen molar-refractivity contribution in [1.82, 2.24) is 36.4 Å². The van der Waals surface area contributed by atoms with Crippen molar-refractivity contribution in [2.45, 2.75) is 141 Å². The molecule has 1 aromatic rings. The quantitative estimate of drug-likeness (QED) is 0.0556. The highest BCUT2D eigenvalue weighted by molar-refractivity contribution is 7.80. The summed E-state index contributed by atoms with van der Waals surface area (Å²) < 4.78 is 41.1. The van der Waals surface area contributed by atoms with Gasteiger partial charge in [-0.3, -0.25) is 33.3 Å². The maximum atomic E-state index is 14.8. The summed E-state index contributed by atoms with van der Waals surface area (Å²) in [6.45, 7) is 7.44. The number of carbonyl (C=O) groups is 7. The number of hydrogen-bond acceptors (Lipinski definition) is 14. The number of benzene rings is 1. The number of carbonyl (C=O) groups excluding carboxylic acids is 7. The molecule has 21 nitrogen and oxygen atoms in total. The Kier molecular flexibility index (Phi) is 20.3. The zero-order valence-corrected chi connectivity index (χ0v) is 37.8. The van der Waals surface area contributed by atoms with Gasteiger partial charge >= 0.3 is 16.4 Å². The molecule has 1 unspecified atom stereocenters. The molecular formula is C41H65N7O14S. The predicted octanol–water partition coefficient (Wildman–Crippen LogP) is -1.09. The first-order chi connectivity index (χ1) is 29.6. The Morgan fingerprint density at radius 3 is 2.19 bits per heavy atom. The van der Waals surface area contributed by atoms with Crippen LogP contribution in [0.15, 0.2) is 30.3 Å². The van der Waals surface area contributed by atoms with Gasteiger partial charge in [-0.2, -0.15) is 8.42 Å². The molecule has 0 aliphatic carbocycles. The van der Waals surface area contributed by atoms with Crippen LogP contribution in [0.4, 0.5) is 0 Å². The number of rotatable bonds is 16. The van der Waals surface area contributed by atoms with E-state index in [2.05, 4.69) is 30.8 Å². The van der Waals surface area contributed by atoms with Crippen LogP contribution in [-0.4, -0.2) is 156 Å². The number of hydrogen-bond donors (Lipinski definition) is 8. The molecule has 2 fully saturated rings. The summed E-state index contributed by atoms with van der Waals surface area (Å²) in [5.41, 5.74) is 0.651. The van der Waals surface area contributed by atoms with Crippen LogP contribution < -0.4 is 26.6 Å². The smallest absolute Gasteiger partial charge is 0.397 e. The largest absolute Gasteiger partial charge is 0.458 e. The molecule has 0 saturated carbocycles. The van der Waals surface area contributed by atoms with Gasteiger partial charge in [-0.05, 0) is 70.0 Å². The van der Waals surface area contributed by atoms with Gasteiger partial charge in [0.1, 0.15) is 55.2 Å². The molecule has 6 amide bonds. The molecule has 0 aromatic heterocycles. The van der Waals surface area contributed by atoms with Crippen molar-refractivity contribution >= 4 is 51.8 Å². The third-order valence-corrected chi connectivity index (χ3v) is 12.1. The van der Waals surface area contributed by atoms with E-state index in [1.165, 1.54) is 18.9 Å². The number of nitrogens with one attached hydrogen (secondary N) is 5. The van der Waals surface area contributed by atoms with E-state index in [9.17, 15) is 52.2 Å². The van der Waals surface area contributed by atoms with E-state index in [4.69, 9.17) is 9.29 Å². The molecular weight excluding hydrogens is 847 g/mol. The standard InChI is InChI=1S/C41H65N7O14S/c1-8-23(3)32-41(57)62-25(5)33(46-37(53)30(49)22-61-63(58,59)60)38(54)43-27(17-13-14-20-42-6)35(51)44-28-18-19-31(50)48(39(28)55)34(24(4)9-2)40(56)47(7)29(36(52)45-32)21-26-15-11-10-12-16-26/h10-12,15-16,23-25,27-34,42,49-50H,8-9,13-14,17-22H2,1-7H3,(H,43,54)(H,44,51)(H,45,52)(H,46,53)(H,58,59,60)/t23-,24-,25-,27-,28-,29-,30?,31+,32-,33-,34-/m1/s1. The Morgan fingerprint density at radius 1 is 0.937 bits per heavy atom. The Bertz CT molecular complexity index is 1860. The molecule has 2 heterocycles. The third-order valence-electron chi connectivity index (χ3n) is 11.6. The van der Waals surface area contributed by atoms with Gasteiger partial charge in [-0.15, -0.1) is 0 Å². The van der Waals surface area contributed by atoms with Gasteiger partial charge in [-0.25, -0.2) is 8.98 Å². The van der Waals surface area contributed by atoms with E-state index in [-0.39, 0.29) is 25.7 Å². The molecule has 354 valence electrons. The van der Waals surface area contributed by atoms with Crippen LogP contribution in [0.3, 0.4) is 0 Å². The number of nitrogens with zero attached hydrogens (tertiary/aromatic N) is 2. The fraction of sp³-hybridized carbons (Fsp3) is 0.683. The number of aliphatic hydroxyl groups excluding tert-OH is 2. The van der Waals surface area contributed by atoms with E-state index in [1.54, 1.807) is 65.1 Å². The number of fused-ring (bicyclic) bond motifs is 2. The lowest BCUT2D eigenvalue weighted by atomic mass is 9.91. The van der Waals surface area contributed by atoms with E-state index < -0.39 is 125 Å². The van der Waals surface area contributed by atoms with Gasteiger partial charge in [0.15, 0.2) is 6.10 Å². The molecule has 2 aliphatic rings. The van der Waals surface area contributed by atoms with Gasteiger partial charge in [0.25, 0.3) is 5.91 Å². The minimum Gasteiger partial charge on any atom is -0.458 e. The fourth-order valence-electron chi connectivity index (χ4n) is 7.39. The Hall–Kier alpha value is -4.74. The summed E-state index contributed by atoms with van der Waals surface area (Å²) in [6.07, 6.45) is -3.80. The molecule has 63 heavy (non-hydrogen) atoms. The van der Waals surface area contributed by atoms with Gasteiger partial charge in [0, 0.05) is 13.5 Å². The van der Waals surface area contributed by atoms with Crippen LogP contribution in [0.1, 0.15) is 85.1 Å². The fourth-order valence-corrected chi connectivity index (χ4v) is 7.69. The number of likely N-dealkylation sites (N-methyl/N-ethyl adjacent to an activating group) is 1. The highest BCUT2D eigenvalue weighted by atomic mass is 32.3. The average molecular weight is 912 g/mol. The van der Waals surface area contributed by atoms with Crippen molar-refractivity contribution < 1.29 is 65.7 Å². The molecule has 3 rings (SSSR count). The molecule has 2 saturated heterocycles. The minimum atomic E-state index is -5.09. The lowest BCUT2D eigenvalue weighted by Gasteiger charge is -2.44. The van der Waals surface area contributed by atoms with Crippen molar-refractivity contribution in [3.63, 3.8) is 0 Å². The monoisotopic (exact) mass is 911 g/mol. The summed E-state index contributed by atoms with van der Waals surface area (Å²) in [4.78, 5) is 102. The van der Waals surface area contributed by atoms with Crippen LogP contribution in [0.25, 0.3) is 0 Å². The van der Waals surface area contributed by atoms with Gasteiger partial charge in [-0.1, -0.05) is 70.9 Å². The summed E-state index contributed by atoms with van der Waals surface area (Å²) in [5, 5.41) is 34.9. The zero-order chi connectivity index (χ0) is 47.2. The number of esters is 1. The topological polar surface area (TPSA) is 299 Å². The maximum Gasteiger partial charge on any atom is 0.397 e. The SMILES string of the molecule is CC[C@@H](C)[C@H]1NC(=O)[C@@H](Cc2ccccc2)N(C)C(=O)[C@@H]([C@H](C)CC)N2C(=O)[C@@H](CC[C@@H]2O)NC(=O)[C@@H](CCCCNC)NC(=O)[C@H](NC(=O)C(O)COS(=O)(=O)O)[C@@H](C)OC1=O. The Morgan fingerprint density at radius 2 is 1.59 bits per heavy atom. The summed E-state index contributed by atoms with van der Waals surface area (Å²) >= 11 is 0. The number of aliphatic hydroxyl groups is 2. The predicted molar refractivity (Wildman–Crippen MR) is 226 cm³/mol. The molecule has 11 atom stereocenters. The second-order valence-corrected chi connectivity index (χ2v) is 17.3. The van der Waals surface area contributed by atoms with Crippen LogP contribution in [-0.2, 0) is 59.3 Å². The van der Waals surface area contributed by atoms with E-state index >= 15 is 0 Å². The maximum absolute atomic E-state index is 14.8. The summed E-state index contributed by atoms with van der Waals surface area (Å²) in [7, 11) is -1.97. The summed E-state index contributed by atoms with van der Waals surface area (Å²) in [6, 6.07) is 0.265. The number of unbranched alkanes of at least 4 members (excludes halogenated alkanes) is 1. The molecule has 1 aromatic carbocycles. The Balaban J connectivity index is 2.23. The average Bonchev–Trinajstić information content (AvgIpc) is 3.24. The number of piperidine rings is 1. The second-order valence-electron chi connectivity index (χ2n) is 16.2. The van der Waals surface area contributed by atoms with Crippen LogP contribution >= 0.6 is 0 Å². The van der Waals surface area contributed by atoms with Crippen LogP contribution in [0.5, 0.6) is 0 Å². The number of amides is 6. The molecule has 0 radical (unpaired) electrons. The third kappa shape index (κ3) is 14.9. The highest BCUT2D eigenvalue weighted by Crippen LogP contribution is 2.28. The van der Waals surface area contributed by atoms with Crippen molar-refractivity contribution in [3.8, 4) is 0 Å². The van der Waals surface area contributed by atoms with Crippen molar-refractivity contribution in [3.05, 3.63) is 35.9 Å². The van der Waals surface area contributed by atoms with Gasteiger partial charge in [0.05, 0.1) is 0 Å². The van der Waals surface area contributed by atoms with E-state index in [1.807, 2.05) is 0 Å². The van der Waals surface area contributed by atoms with Crippen molar-refractivity contribution in [2.24, 2.45) is 11.8 Å².